The average Bonchev–Trinajstić information content (AvgIpc) is 2.35. The fourth-order valence-electron chi connectivity index (χ4n) is 1.76. The monoisotopic (exact) mass is 285 g/mol. The highest BCUT2D eigenvalue weighted by Gasteiger charge is 2.31. The molecule has 3 atom stereocenters. The number of carbonyl (C=O) groups is 1. The molecule has 1 unspecified atom stereocenters. The van der Waals surface area contributed by atoms with Gasteiger partial charge >= 0.3 is 5.97 Å². The minimum atomic E-state index is -3.60. The SMILES string of the molecule is C[C@H](N)P(=O)(O)C[C@H](CCc1ccccc1)C(=O)O. The summed E-state index contributed by atoms with van der Waals surface area (Å²) < 4.78 is 11.8. The molecule has 0 saturated heterocycles. The maximum atomic E-state index is 11.8. The second-order valence-corrected chi connectivity index (χ2v) is 7.43. The number of carboxylic acid groups (broad SMARTS) is 1. The summed E-state index contributed by atoms with van der Waals surface area (Å²) in [5.74, 6) is -2.79. The summed E-state index contributed by atoms with van der Waals surface area (Å²) in [6, 6.07) is 9.45. The molecule has 0 bridgehead atoms. The van der Waals surface area contributed by atoms with Crippen LogP contribution in [0, 0.1) is 5.92 Å². The maximum absolute atomic E-state index is 11.8. The van der Waals surface area contributed by atoms with Crippen LogP contribution < -0.4 is 5.73 Å². The van der Waals surface area contributed by atoms with Crippen LogP contribution in [0.1, 0.15) is 18.9 Å². The molecule has 0 amide bonds. The number of benzene rings is 1. The van der Waals surface area contributed by atoms with E-state index in [1.165, 1.54) is 6.92 Å². The lowest BCUT2D eigenvalue weighted by Gasteiger charge is -2.19. The van der Waals surface area contributed by atoms with Crippen molar-refractivity contribution in [2.75, 3.05) is 6.16 Å². The minimum Gasteiger partial charge on any atom is -0.481 e. The van der Waals surface area contributed by atoms with Gasteiger partial charge in [0.25, 0.3) is 0 Å². The third kappa shape index (κ3) is 5.15. The van der Waals surface area contributed by atoms with E-state index in [2.05, 4.69) is 0 Å². The molecule has 5 nitrogen and oxygen atoms in total. The van der Waals surface area contributed by atoms with Crippen molar-refractivity contribution in [3.8, 4) is 0 Å². The van der Waals surface area contributed by atoms with Crippen molar-refractivity contribution >= 4 is 13.3 Å². The van der Waals surface area contributed by atoms with E-state index in [9.17, 15) is 14.3 Å². The standard InChI is InChI=1S/C13H20NO4P/c1-10(14)19(17,18)9-12(13(15)16)8-7-11-5-3-2-4-6-11/h2-6,10,12H,7-9,14H2,1H3,(H,15,16)(H,17,18)/t10-,12+/m1/s1. The Hall–Kier alpha value is -1.16. The molecule has 0 aromatic heterocycles. The van der Waals surface area contributed by atoms with Crippen molar-refractivity contribution in [3.05, 3.63) is 35.9 Å². The molecule has 0 aliphatic heterocycles. The van der Waals surface area contributed by atoms with E-state index in [0.29, 0.717) is 12.8 Å². The molecule has 0 aliphatic carbocycles. The van der Waals surface area contributed by atoms with Crippen molar-refractivity contribution in [1.29, 1.82) is 0 Å². The Morgan fingerprint density at radius 1 is 1.37 bits per heavy atom. The van der Waals surface area contributed by atoms with Crippen LogP contribution in [0.25, 0.3) is 0 Å². The number of hydrogen-bond acceptors (Lipinski definition) is 3. The lowest BCUT2D eigenvalue weighted by molar-refractivity contribution is -0.141. The molecule has 0 fully saturated rings. The van der Waals surface area contributed by atoms with Crippen molar-refractivity contribution in [2.24, 2.45) is 11.7 Å². The van der Waals surface area contributed by atoms with Gasteiger partial charge in [-0.15, -0.1) is 0 Å². The number of rotatable bonds is 7. The quantitative estimate of drug-likeness (QED) is 0.664. The number of aryl methyl sites for hydroxylation is 1. The Balaban J connectivity index is 2.64. The first kappa shape index (κ1) is 15.9. The first-order chi connectivity index (χ1) is 8.83. The number of aliphatic carboxylic acids is 1. The van der Waals surface area contributed by atoms with Crippen molar-refractivity contribution in [1.82, 2.24) is 0 Å². The van der Waals surface area contributed by atoms with Crippen LogP contribution in [-0.4, -0.2) is 27.9 Å². The summed E-state index contributed by atoms with van der Waals surface area (Å²) >= 11 is 0. The van der Waals surface area contributed by atoms with Crippen LogP contribution in [0.15, 0.2) is 30.3 Å². The molecule has 106 valence electrons. The second kappa shape index (κ2) is 6.85. The Morgan fingerprint density at radius 2 is 1.95 bits per heavy atom. The normalized spacial score (nSPS) is 17.4. The highest BCUT2D eigenvalue weighted by Crippen LogP contribution is 2.46. The third-order valence-corrected chi connectivity index (χ3v) is 5.33. The second-order valence-electron chi connectivity index (χ2n) is 4.74. The van der Waals surface area contributed by atoms with Gasteiger partial charge in [0.2, 0.25) is 7.37 Å². The predicted octanol–water partition coefficient (Wildman–Crippen LogP) is 1.90. The molecular weight excluding hydrogens is 265 g/mol. The fraction of sp³-hybridized carbons (Fsp3) is 0.462. The summed E-state index contributed by atoms with van der Waals surface area (Å²) in [6.07, 6.45) is 0.625. The Kier molecular flexibility index (Phi) is 5.73. The van der Waals surface area contributed by atoms with Crippen molar-refractivity contribution < 1.29 is 19.4 Å². The molecule has 0 saturated carbocycles. The van der Waals surface area contributed by atoms with E-state index >= 15 is 0 Å². The average molecular weight is 285 g/mol. The molecule has 1 aromatic rings. The highest BCUT2D eigenvalue weighted by atomic mass is 31.2. The largest absolute Gasteiger partial charge is 0.481 e. The van der Waals surface area contributed by atoms with Crippen molar-refractivity contribution in [2.45, 2.75) is 25.5 Å². The molecule has 1 rings (SSSR count). The first-order valence-corrected chi connectivity index (χ1v) is 8.08. The highest BCUT2D eigenvalue weighted by molar-refractivity contribution is 7.58. The molecule has 0 heterocycles. The van der Waals surface area contributed by atoms with E-state index in [0.717, 1.165) is 5.56 Å². The first-order valence-electron chi connectivity index (χ1n) is 6.16. The summed E-state index contributed by atoms with van der Waals surface area (Å²) in [5.41, 5.74) is 6.44. The van der Waals surface area contributed by atoms with Crippen LogP contribution in [0.5, 0.6) is 0 Å². The van der Waals surface area contributed by atoms with Gasteiger partial charge in [-0.1, -0.05) is 30.3 Å². The van der Waals surface area contributed by atoms with Gasteiger partial charge in [-0.3, -0.25) is 9.36 Å². The zero-order chi connectivity index (χ0) is 14.5. The van der Waals surface area contributed by atoms with Crippen LogP contribution in [0.3, 0.4) is 0 Å². The molecule has 19 heavy (non-hydrogen) atoms. The smallest absolute Gasteiger partial charge is 0.307 e. The molecule has 1 aromatic carbocycles. The zero-order valence-corrected chi connectivity index (χ0v) is 11.8. The summed E-state index contributed by atoms with van der Waals surface area (Å²) in [5, 5.41) is 9.12. The van der Waals surface area contributed by atoms with Gasteiger partial charge in [0, 0.05) is 6.16 Å². The summed E-state index contributed by atoms with van der Waals surface area (Å²) in [4.78, 5) is 20.8. The summed E-state index contributed by atoms with van der Waals surface area (Å²) in [7, 11) is -3.60. The van der Waals surface area contributed by atoms with E-state index in [-0.39, 0.29) is 6.16 Å². The third-order valence-electron chi connectivity index (χ3n) is 3.09. The van der Waals surface area contributed by atoms with E-state index < -0.39 is 25.0 Å². The molecule has 6 heteroatoms. The molecule has 0 radical (unpaired) electrons. The van der Waals surface area contributed by atoms with Gasteiger partial charge in [-0.05, 0) is 25.3 Å². The van der Waals surface area contributed by atoms with Crippen LogP contribution >= 0.6 is 7.37 Å². The number of nitrogens with two attached hydrogens (primary N) is 1. The fourth-order valence-corrected chi connectivity index (χ4v) is 3.06. The van der Waals surface area contributed by atoms with E-state index in [1.54, 1.807) is 0 Å². The lowest BCUT2D eigenvalue weighted by atomic mass is 10.0. The molecule has 4 N–H and O–H groups in total. The Morgan fingerprint density at radius 3 is 2.42 bits per heavy atom. The zero-order valence-electron chi connectivity index (χ0n) is 10.9. The maximum Gasteiger partial charge on any atom is 0.307 e. The summed E-state index contributed by atoms with van der Waals surface area (Å²) in [6.45, 7) is 1.43. The molecular formula is C13H20NO4P. The Labute approximate surface area is 112 Å². The van der Waals surface area contributed by atoms with Gasteiger partial charge in [-0.2, -0.15) is 0 Å². The van der Waals surface area contributed by atoms with Crippen molar-refractivity contribution in [3.63, 3.8) is 0 Å². The molecule has 0 spiro atoms. The lowest BCUT2D eigenvalue weighted by Crippen LogP contribution is -2.25. The number of hydrogen-bond donors (Lipinski definition) is 3. The van der Waals surface area contributed by atoms with Crippen LogP contribution in [0.4, 0.5) is 0 Å². The van der Waals surface area contributed by atoms with Gasteiger partial charge in [0.15, 0.2) is 0 Å². The minimum absolute atomic E-state index is 0.271. The molecule has 0 aliphatic rings. The van der Waals surface area contributed by atoms with Gasteiger partial charge in [-0.25, -0.2) is 0 Å². The predicted molar refractivity (Wildman–Crippen MR) is 74.2 cm³/mol. The number of carboxylic acids is 1. The van der Waals surface area contributed by atoms with Gasteiger partial charge < -0.3 is 15.7 Å². The van der Waals surface area contributed by atoms with Gasteiger partial charge in [0.05, 0.1) is 11.7 Å². The van der Waals surface area contributed by atoms with Crippen LogP contribution in [-0.2, 0) is 15.8 Å². The van der Waals surface area contributed by atoms with E-state index in [1.807, 2.05) is 30.3 Å². The van der Waals surface area contributed by atoms with E-state index in [4.69, 9.17) is 10.8 Å². The van der Waals surface area contributed by atoms with Gasteiger partial charge in [0.1, 0.15) is 0 Å². The Bertz CT molecular complexity index is 461. The van der Waals surface area contributed by atoms with Crippen LogP contribution in [0.2, 0.25) is 0 Å². The topological polar surface area (TPSA) is 101 Å².